The molecule has 3 aromatic rings. The van der Waals surface area contributed by atoms with Gasteiger partial charge < -0.3 is 20.0 Å². The highest BCUT2D eigenvalue weighted by Crippen LogP contribution is 2.25. The van der Waals surface area contributed by atoms with Gasteiger partial charge in [0.15, 0.2) is 6.10 Å². The first kappa shape index (κ1) is 21.5. The van der Waals surface area contributed by atoms with Crippen molar-refractivity contribution in [2.24, 2.45) is 0 Å². The molecule has 1 aromatic heterocycles. The smallest absolute Gasteiger partial charge is 0.265 e. The Morgan fingerprint density at radius 1 is 1.17 bits per heavy atom. The van der Waals surface area contributed by atoms with E-state index in [-0.39, 0.29) is 10.8 Å². The number of carbonyl (C=O) groups excluding carboxylic acids is 1. The van der Waals surface area contributed by atoms with Gasteiger partial charge >= 0.3 is 0 Å². The highest BCUT2D eigenvalue weighted by molar-refractivity contribution is 7.94. The van der Waals surface area contributed by atoms with Crippen LogP contribution in [-0.4, -0.2) is 30.4 Å². The van der Waals surface area contributed by atoms with E-state index >= 15 is 0 Å². The molecule has 3 rings (SSSR count). The molecule has 0 spiro atoms. The van der Waals surface area contributed by atoms with Crippen LogP contribution in [0.5, 0.6) is 5.75 Å². The minimum absolute atomic E-state index is 0.0474. The van der Waals surface area contributed by atoms with Crippen LogP contribution in [0.4, 0.5) is 11.6 Å². The monoisotopic (exact) mass is 445 g/mol. The van der Waals surface area contributed by atoms with E-state index in [2.05, 4.69) is 20.0 Å². The summed E-state index contributed by atoms with van der Waals surface area (Å²) in [7, 11) is -3.99. The molecule has 10 heteroatoms. The van der Waals surface area contributed by atoms with Crippen LogP contribution >= 0.6 is 11.6 Å². The summed E-state index contributed by atoms with van der Waals surface area (Å²) in [5, 5.41) is 3.16. The maximum absolute atomic E-state index is 12.4. The molecule has 1 heterocycles. The Hall–Kier alpha value is -3.17. The molecule has 0 aliphatic rings. The Bertz CT molecular complexity index is 1150. The fourth-order valence-electron chi connectivity index (χ4n) is 2.39. The van der Waals surface area contributed by atoms with Gasteiger partial charge in [-0.15, -0.1) is 0 Å². The summed E-state index contributed by atoms with van der Waals surface area (Å²) in [5.74, 6) is -0.0747. The molecule has 30 heavy (non-hydrogen) atoms. The van der Waals surface area contributed by atoms with E-state index in [9.17, 15) is 13.2 Å². The second kappa shape index (κ2) is 9.10. The lowest BCUT2D eigenvalue weighted by Gasteiger charge is -2.16. The normalized spacial score (nSPS) is 12.1. The van der Waals surface area contributed by atoms with Gasteiger partial charge in [0.2, 0.25) is 10.0 Å². The fourth-order valence-corrected chi connectivity index (χ4v) is 3.46. The highest BCUT2D eigenvalue weighted by Gasteiger charge is 2.16. The van der Waals surface area contributed by atoms with E-state index in [1.165, 1.54) is 30.5 Å². The van der Waals surface area contributed by atoms with Gasteiger partial charge in [0.25, 0.3) is 5.91 Å². The van der Waals surface area contributed by atoms with E-state index < -0.39 is 22.0 Å². The number of hydrogen-bond acceptors (Lipinski definition) is 6. The van der Waals surface area contributed by atoms with E-state index in [0.717, 1.165) is 0 Å². The number of benzene rings is 2. The quantitative estimate of drug-likeness (QED) is 0.582. The molecule has 0 saturated carbocycles. The van der Waals surface area contributed by atoms with Gasteiger partial charge in [-0.2, -0.15) is 0 Å². The number of rotatable bonds is 7. The molecule has 0 aliphatic carbocycles. The molecule has 0 bridgehead atoms. The van der Waals surface area contributed by atoms with Gasteiger partial charge in [-0.25, -0.2) is 8.42 Å². The van der Waals surface area contributed by atoms with Gasteiger partial charge in [0.05, 0.1) is 4.90 Å². The number of sulfonamides is 1. The minimum atomic E-state index is -3.99. The Morgan fingerprint density at radius 2 is 1.90 bits per heavy atom. The zero-order chi connectivity index (χ0) is 21.7. The van der Waals surface area contributed by atoms with Crippen molar-refractivity contribution in [3.8, 4) is 5.75 Å². The molecular formula is C20H18ClN4O4S-. The third-order valence-electron chi connectivity index (χ3n) is 3.88. The van der Waals surface area contributed by atoms with Gasteiger partial charge in [-0.05, 0) is 68.2 Å². The number of anilines is 1. The zero-order valence-electron chi connectivity index (χ0n) is 16.1. The van der Waals surface area contributed by atoms with Crippen molar-refractivity contribution in [2.75, 3.05) is 5.32 Å². The molecule has 1 unspecified atom stereocenters. The number of carbonyl (C=O) groups is 1. The Balaban J connectivity index is 1.64. The SMILES string of the molecule is Cc1ccnc([N-]S(=O)(=O)c2ccc(NC(=O)C(C)Oc3cccc(Cl)c3)cc2)n1. The molecule has 1 N–H and O–H groups in total. The number of nitrogens with zero attached hydrogens (tertiary/aromatic N) is 3. The maximum atomic E-state index is 12.4. The summed E-state index contributed by atoms with van der Waals surface area (Å²) in [4.78, 5) is 20.1. The summed E-state index contributed by atoms with van der Waals surface area (Å²) in [6, 6.07) is 14.0. The summed E-state index contributed by atoms with van der Waals surface area (Å²) in [6.45, 7) is 3.30. The number of hydrogen-bond donors (Lipinski definition) is 1. The van der Waals surface area contributed by atoms with Crippen LogP contribution < -0.4 is 10.1 Å². The molecule has 0 saturated heterocycles. The van der Waals surface area contributed by atoms with Crippen LogP contribution in [0.15, 0.2) is 65.7 Å². The largest absolute Gasteiger partial charge is 0.481 e. The fraction of sp³-hybridized carbons (Fsp3) is 0.150. The van der Waals surface area contributed by atoms with Crippen LogP contribution in [0.3, 0.4) is 0 Å². The molecular weight excluding hydrogens is 428 g/mol. The van der Waals surface area contributed by atoms with E-state index in [4.69, 9.17) is 16.3 Å². The van der Waals surface area contributed by atoms with Crippen LogP contribution in [0, 0.1) is 6.92 Å². The number of aromatic nitrogens is 2. The molecule has 8 nitrogen and oxygen atoms in total. The lowest BCUT2D eigenvalue weighted by molar-refractivity contribution is -0.122. The first-order valence-corrected chi connectivity index (χ1v) is 10.7. The minimum Gasteiger partial charge on any atom is -0.481 e. The summed E-state index contributed by atoms with van der Waals surface area (Å²) in [5.41, 5.74) is 1.01. The van der Waals surface area contributed by atoms with Crippen molar-refractivity contribution >= 4 is 39.2 Å². The summed E-state index contributed by atoms with van der Waals surface area (Å²) < 4.78 is 34.0. The summed E-state index contributed by atoms with van der Waals surface area (Å²) in [6.07, 6.45) is 0.641. The molecule has 1 amide bonds. The van der Waals surface area contributed by atoms with Crippen LogP contribution in [0.25, 0.3) is 4.72 Å². The van der Waals surface area contributed by atoms with Crippen molar-refractivity contribution in [1.29, 1.82) is 0 Å². The van der Waals surface area contributed by atoms with Crippen molar-refractivity contribution in [3.05, 3.63) is 76.2 Å². The molecule has 1 atom stereocenters. The maximum Gasteiger partial charge on any atom is 0.265 e. The summed E-state index contributed by atoms with van der Waals surface area (Å²) >= 11 is 5.90. The lowest BCUT2D eigenvalue weighted by Crippen LogP contribution is -2.30. The second-order valence-corrected chi connectivity index (χ2v) is 8.34. The predicted molar refractivity (Wildman–Crippen MR) is 114 cm³/mol. The van der Waals surface area contributed by atoms with Crippen molar-refractivity contribution < 1.29 is 17.9 Å². The van der Waals surface area contributed by atoms with Crippen LogP contribution in [0.1, 0.15) is 12.6 Å². The van der Waals surface area contributed by atoms with Gasteiger partial charge in [0.1, 0.15) is 5.75 Å². The number of aryl methyl sites for hydroxylation is 1. The van der Waals surface area contributed by atoms with Crippen LogP contribution in [-0.2, 0) is 14.8 Å². The number of ether oxygens (including phenoxy) is 1. The number of amides is 1. The van der Waals surface area contributed by atoms with E-state index in [1.807, 2.05) is 0 Å². The number of nitrogens with one attached hydrogen (secondary N) is 1. The first-order valence-electron chi connectivity index (χ1n) is 8.84. The van der Waals surface area contributed by atoms with Crippen molar-refractivity contribution in [3.63, 3.8) is 0 Å². The third-order valence-corrected chi connectivity index (χ3v) is 5.39. The molecule has 0 fully saturated rings. The van der Waals surface area contributed by atoms with Gasteiger partial charge in [-0.3, -0.25) is 9.52 Å². The van der Waals surface area contributed by atoms with Crippen molar-refractivity contribution in [2.45, 2.75) is 24.8 Å². The van der Waals surface area contributed by atoms with Crippen molar-refractivity contribution in [1.82, 2.24) is 9.97 Å². The topological polar surface area (TPSA) is 112 Å². The molecule has 0 radical (unpaired) electrons. The molecule has 156 valence electrons. The van der Waals surface area contributed by atoms with E-state index in [1.54, 1.807) is 44.2 Å². The zero-order valence-corrected chi connectivity index (χ0v) is 17.7. The second-order valence-electron chi connectivity index (χ2n) is 6.30. The first-order chi connectivity index (χ1) is 14.2. The third kappa shape index (κ3) is 5.68. The number of halogens is 1. The molecule has 0 aliphatic heterocycles. The molecule has 2 aromatic carbocycles. The lowest BCUT2D eigenvalue weighted by atomic mass is 10.3. The predicted octanol–water partition coefficient (Wildman–Crippen LogP) is 4.24. The van der Waals surface area contributed by atoms with E-state index in [0.29, 0.717) is 22.2 Å². The average Bonchev–Trinajstić information content (AvgIpc) is 2.68. The Labute approximate surface area is 179 Å². The Morgan fingerprint density at radius 3 is 2.57 bits per heavy atom. The standard InChI is InChI=1S/C20H19ClN4O4S/c1-13-10-11-22-20(23-13)25-30(27,28)18-8-6-16(7-9-18)24-19(26)14(2)29-17-5-3-4-15(21)12-17/h3-12,14H,1-2H3,(H2,22,23,24,25,26)/p-1. The van der Waals surface area contributed by atoms with Crippen LogP contribution in [0.2, 0.25) is 5.02 Å². The van der Waals surface area contributed by atoms with Gasteiger partial charge in [-0.1, -0.05) is 23.7 Å². The average molecular weight is 446 g/mol. The van der Waals surface area contributed by atoms with Gasteiger partial charge in [0, 0.05) is 16.7 Å². The highest BCUT2D eigenvalue weighted by atomic mass is 35.5. The Kier molecular flexibility index (Phi) is 6.53.